The molecule has 1 atom stereocenters. The van der Waals surface area contributed by atoms with Gasteiger partial charge in [0.1, 0.15) is 6.54 Å². The lowest BCUT2D eigenvalue weighted by atomic mass is 9.82. The van der Waals surface area contributed by atoms with Crippen LogP contribution in [0.5, 0.6) is 0 Å². The number of carbonyl (C=O) groups is 2. The van der Waals surface area contributed by atoms with E-state index in [1.54, 1.807) is 12.1 Å². The van der Waals surface area contributed by atoms with E-state index in [0.717, 1.165) is 61.1 Å². The third-order valence-electron chi connectivity index (χ3n) is 8.38. The van der Waals surface area contributed by atoms with Gasteiger partial charge in [0.05, 0.1) is 16.8 Å². The highest BCUT2D eigenvalue weighted by Gasteiger charge is 2.29. The molecular formula is C31H39N3O3. The molecule has 5 rings (SSSR count). The minimum absolute atomic E-state index is 0.0678. The summed E-state index contributed by atoms with van der Waals surface area (Å²) in [4.78, 5) is 29.8. The molecule has 1 saturated carbocycles. The Morgan fingerprint density at radius 2 is 1.76 bits per heavy atom. The molecular weight excluding hydrogens is 462 g/mol. The number of carboxylic acids is 1. The Hall–Kier alpha value is -3.12. The van der Waals surface area contributed by atoms with E-state index in [2.05, 4.69) is 28.6 Å². The van der Waals surface area contributed by atoms with Gasteiger partial charge in [-0.3, -0.25) is 4.79 Å². The van der Waals surface area contributed by atoms with E-state index in [0.29, 0.717) is 11.8 Å². The van der Waals surface area contributed by atoms with Crippen molar-refractivity contribution in [3.8, 4) is 11.3 Å². The average molecular weight is 502 g/mol. The van der Waals surface area contributed by atoms with Gasteiger partial charge in [-0.05, 0) is 74.4 Å². The number of likely N-dealkylation sites (N-methyl/N-ethyl adjacent to an activating group) is 1. The van der Waals surface area contributed by atoms with Gasteiger partial charge >= 0.3 is 5.97 Å². The van der Waals surface area contributed by atoms with Crippen LogP contribution in [0.2, 0.25) is 0 Å². The topological polar surface area (TPSA) is 65.8 Å². The first kappa shape index (κ1) is 25.5. The molecule has 1 aliphatic carbocycles. The first-order valence-corrected chi connectivity index (χ1v) is 13.8. The number of benzene rings is 2. The van der Waals surface area contributed by atoms with Gasteiger partial charge in [-0.25, -0.2) is 4.79 Å². The lowest BCUT2D eigenvalue weighted by Crippen LogP contribution is -2.40. The van der Waals surface area contributed by atoms with Crippen LogP contribution in [0.1, 0.15) is 66.8 Å². The fourth-order valence-electron chi connectivity index (χ4n) is 6.55. The van der Waals surface area contributed by atoms with Gasteiger partial charge in [0.25, 0.3) is 0 Å². The lowest BCUT2D eigenvalue weighted by Gasteiger charge is -2.32. The smallest absolute Gasteiger partial charge is 0.335 e. The summed E-state index contributed by atoms with van der Waals surface area (Å²) in [5.41, 5.74) is 4.54. The van der Waals surface area contributed by atoms with Gasteiger partial charge in [0.2, 0.25) is 5.91 Å². The third-order valence-corrected chi connectivity index (χ3v) is 8.38. The Bertz CT molecular complexity index is 1260. The molecule has 196 valence electrons. The third kappa shape index (κ3) is 5.45. The van der Waals surface area contributed by atoms with Crippen molar-refractivity contribution in [3.63, 3.8) is 0 Å². The van der Waals surface area contributed by atoms with Crippen molar-refractivity contribution in [1.29, 1.82) is 0 Å². The number of carboxylic acid groups (broad SMARTS) is 1. The van der Waals surface area contributed by atoms with Crippen molar-refractivity contribution < 1.29 is 14.7 Å². The number of amides is 1. The molecule has 1 amide bonds. The second-order valence-electron chi connectivity index (χ2n) is 11.1. The zero-order chi connectivity index (χ0) is 25.9. The summed E-state index contributed by atoms with van der Waals surface area (Å²) < 4.78 is 2.10. The maximum absolute atomic E-state index is 13.7. The molecule has 2 heterocycles. The van der Waals surface area contributed by atoms with Gasteiger partial charge in [-0.1, -0.05) is 55.7 Å². The summed E-state index contributed by atoms with van der Waals surface area (Å²) in [5, 5.41) is 10.8. The monoisotopic (exact) mass is 501 g/mol. The molecule has 1 saturated heterocycles. The highest BCUT2D eigenvalue weighted by atomic mass is 16.4. The van der Waals surface area contributed by atoms with Crippen molar-refractivity contribution in [3.05, 3.63) is 59.7 Å². The zero-order valence-corrected chi connectivity index (χ0v) is 22.2. The van der Waals surface area contributed by atoms with Crippen LogP contribution in [0.4, 0.5) is 0 Å². The molecule has 2 aromatic carbocycles. The number of hydrogen-bond donors (Lipinski definition) is 1. The summed E-state index contributed by atoms with van der Waals surface area (Å²) in [6, 6.07) is 15.8. The fourth-order valence-corrected chi connectivity index (χ4v) is 6.55. The van der Waals surface area contributed by atoms with E-state index in [-0.39, 0.29) is 18.0 Å². The van der Waals surface area contributed by atoms with Gasteiger partial charge in [-0.2, -0.15) is 0 Å². The second-order valence-corrected chi connectivity index (χ2v) is 11.1. The molecule has 6 nitrogen and oxygen atoms in total. The number of likely N-dealkylation sites (tertiary alicyclic amines) is 1. The first-order valence-electron chi connectivity index (χ1n) is 13.8. The van der Waals surface area contributed by atoms with Gasteiger partial charge in [0.15, 0.2) is 0 Å². The van der Waals surface area contributed by atoms with Crippen LogP contribution in [0.15, 0.2) is 48.5 Å². The van der Waals surface area contributed by atoms with E-state index in [4.69, 9.17) is 0 Å². The maximum Gasteiger partial charge on any atom is 0.335 e. The van der Waals surface area contributed by atoms with Gasteiger partial charge in [-0.15, -0.1) is 0 Å². The molecule has 1 aliphatic heterocycles. The van der Waals surface area contributed by atoms with E-state index < -0.39 is 5.97 Å². The summed E-state index contributed by atoms with van der Waals surface area (Å²) in [7, 11) is 4.06. The number of aromatic carboxylic acids is 1. The second kappa shape index (κ2) is 11.1. The molecule has 0 bridgehead atoms. The number of piperidine rings is 1. The van der Waals surface area contributed by atoms with Crippen molar-refractivity contribution in [2.75, 3.05) is 33.7 Å². The lowest BCUT2D eigenvalue weighted by molar-refractivity contribution is -0.131. The number of rotatable bonds is 7. The van der Waals surface area contributed by atoms with Crippen molar-refractivity contribution in [2.24, 2.45) is 5.92 Å². The molecule has 37 heavy (non-hydrogen) atoms. The molecule has 2 aliphatic rings. The predicted octanol–water partition coefficient (Wildman–Crippen LogP) is 5.85. The fraction of sp³-hybridized carbons (Fsp3) is 0.484. The quantitative estimate of drug-likeness (QED) is 0.441. The van der Waals surface area contributed by atoms with Crippen LogP contribution in [0.3, 0.4) is 0 Å². The van der Waals surface area contributed by atoms with Crippen LogP contribution in [-0.4, -0.2) is 65.1 Å². The predicted molar refractivity (Wildman–Crippen MR) is 148 cm³/mol. The molecule has 0 radical (unpaired) electrons. The summed E-state index contributed by atoms with van der Waals surface area (Å²) in [6.07, 6.45) is 8.25. The van der Waals surface area contributed by atoms with Crippen LogP contribution < -0.4 is 0 Å². The molecule has 1 unspecified atom stereocenters. The summed E-state index contributed by atoms with van der Waals surface area (Å²) >= 11 is 0. The zero-order valence-electron chi connectivity index (χ0n) is 22.2. The minimum Gasteiger partial charge on any atom is -0.478 e. The van der Waals surface area contributed by atoms with Crippen molar-refractivity contribution in [1.82, 2.24) is 14.4 Å². The van der Waals surface area contributed by atoms with Gasteiger partial charge in [0, 0.05) is 25.5 Å². The van der Waals surface area contributed by atoms with E-state index in [9.17, 15) is 14.7 Å². The molecule has 0 spiro atoms. The summed E-state index contributed by atoms with van der Waals surface area (Å²) in [6.45, 7) is 3.10. The molecule has 6 heteroatoms. The van der Waals surface area contributed by atoms with Crippen LogP contribution in [0.25, 0.3) is 22.2 Å². The Labute approximate surface area is 219 Å². The molecule has 1 aromatic heterocycles. The summed E-state index contributed by atoms with van der Waals surface area (Å²) in [5.74, 6) is 0.0197. The SMILES string of the molecule is CN1CCCC(CN(C)C(=O)Cn2c(-c3ccccc3)c(C3CCCCC3)c3ccc(C(=O)O)cc32)C1. The molecule has 3 aromatic rings. The Morgan fingerprint density at radius 3 is 2.46 bits per heavy atom. The van der Waals surface area contributed by atoms with Crippen molar-refractivity contribution in [2.45, 2.75) is 57.4 Å². The van der Waals surface area contributed by atoms with E-state index in [1.807, 2.05) is 36.2 Å². The van der Waals surface area contributed by atoms with E-state index in [1.165, 1.54) is 31.2 Å². The maximum atomic E-state index is 13.7. The number of nitrogens with zero attached hydrogens (tertiary/aromatic N) is 3. The van der Waals surface area contributed by atoms with Gasteiger partial charge < -0.3 is 19.5 Å². The Morgan fingerprint density at radius 1 is 1.00 bits per heavy atom. The Balaban J connectivity index is 1.58. The molecule has 2 fully saturated rings. The Kier molecular flexibility index (Phi) is 7.65. The minimum atomic E-state index is -0.944. The highest BCUT2D eigenvalue weighted by Crippen LogP contribution is 2.44. The number of fused-ring (bicyclic) bond motifs is 1. The number of hydrogen-bond acceptors (Lipinski definition) is 3. The highest BCUT2D eigenvalue weighted by molar-refractivity contribution is 5.99. The van der Waals surface area contributed by atoms with Crippen LogP contribution >= 0.6 is 0 Å². The number of aromatic nitrogens is 1. The average Bonchev–Trinajstić information content (AvgIpc) is 3.23. The standard InChI is InChI=1S/C31H39N3O3/c1-32-17-9-10-22(19-32)20-33(2)28(35)21-34-27-18-25(31(36)37)15-16-26(27)29(23-11-5-3-6-12-23)30(34)24-13-7-4-8-14-24/h4,7-8,13-16,18,22-23H,3,5-6,9-12,17,19-21H2,1-2H3,(H,36,37). The first-order chi connectivity index (χ1) is 17.9. The van der Waals surface area contributed by atoms with Crippen LogP contribution in [0, 0.1) is 5.92 Å². The van der Waals surface area contributed by atoms with Crippen LogP contribution in [-0.2, 0) is 11.3 Å². The van der Waals surface area contributed by atoms with Crippen molar-refractivity contribution >= 4 is 22.8 Å². The largest absolute Gasteiger partial charge is 0.478 e. The van der Waals surface area contributed by atoms with E-state index >= 15 is 0 Å². The molecule has 1 N–H and O–H groups in total. The normalized spacial score (nSPS) is 19.2. The number of carbonyl (C=O) groups excluding carboxylic acids is 1.